The van der Waals surface area contributed by atoms with Gasteiger partial charge in [0.25, 0.3) is 11.5 Å². The second-order valence-electron chi connectivity index (χ2n) is 7.64. The Kier molecular flexibility index (Phi) is 5.58. The van der Waals surface area contributed by atoms with Crippen LogP contribution in [-0.2, 0) is 6.54 Å². The zero-order valence-electron chi connectivity index (χ0n) is 17.8. The van der Waals surface area contributed by atoms with Crippen molar-refractivity contribution in [3.8, 4) is 5.75 Å². The number of hydrogen-bond donors (Lipinski definition) is 1. The van der Waals surface area contributed by atoms with Crippen LogP contribution in [0.2, 0.25) is 0 Å². The minimum atomic E-state index is -0.231. The molecule has 0 saturated carbocycles. The minimum absolute atomic E-state index is 0.138. The molecule has 31 heavy (non-hydrogen) atoms. The minimum Gasteiger partial charge on any atom is -0.496 e. The highest BCUT2D eigenvalue weighted by molar-refractivity contribution is 6.07. The van der Waals surface area contributed by atoms with E-state index in [1.807, 2.05) is 68.4 Å². The van der Waals surface area contributed by atoms with E-state index in [4.69, 9.17) is 4.74 Å². The van der Waals surface area contributed by atoms with Crippen LogP contribution in [0.25, 0.3) is 10.9 Å². The number of rotatable bonds is 5. The summed E-state index contributed by atoms with van der Waals surface area (Å²) >= 11 is 0. The van der Waals surface area contributed by atoms with E-state index in [1.54, 1.807) is 30.2 Å². The molecule has 1 N–H and O–H groups in total. The number of ether oxygens (including phenoxy) is 1. The Hall–Kier alpha value is -3.86. The Morgan fingerprint density at radius 2 is 1.65 bits per heavy atom. The van der Waals surface area contributed by atoms with Gasteiger partial charge in [0.1, 0.15) is 5.75 Å². The highest BCUT2D eigenvalue weighted by Gasteiger charge is 2.22. The van der Waals surface area contributed by atoms with Crippen LogP contribution in [0.15, 0.2) is 77.6 Å². The number of anilines is 1. The molecule has 4 aromatic rings. The standard InChI is InChI=1S/C26H24N2O3/c1-17-8-11-21(12-9-17)28(26(30)22-6-4-5-7-24(22)31-3)16-20-15-19-14-18(2)10-13-23(19)27-25(20)29/h4-15H,16H2,1-3H3,(H,27,29). The number of carbonyl (C=O) groups is 1. The molecule has 3 aromatic carbocycles. The van der Waals surface area contributed by atoms with Crippen molar-refractivity contribution in [1.82, 2.24) is 4.98 Å². The fourth-order valence-corrected chi connectivity index (χ4v) is 3.63. The molecule has 4 rings (SSSR count). The van der Waals surface area contributed by atoms with Crippen LogP contribution < -0.4 is 15.2 Å². The third-order valence-corrected chi connectivity index (χ3v) is 5.33. The fourth-order valence-electron chi connectivity index (χ4n) is 3.63. The number of nitrogens with one attached hydrogen (secondary N) is 1. The van der Waals surface area contributed by atoms with Crippen molar-refractivity contribution in [1.29, 1.82) is 0 Å². The molecular formula is C26H24N2O3. The monoisotopic (exact) mass is 412 g/mol. The van der Waals surface area contributed by atoms with E-state index in [9.17, 15) is 9.59 Å². The second kappa shape index (κ2) is 8.48. The summed E-state index contributed by atoms with van der Waals surface area (Å²) in [6.07, 6.45) is 0. The molecule has 0 bridgehead atoms. The first-order valence-corrected chi connectivity index (χ1v) is 10.1. The van der Waals surface area contributed by atoms with Crippen molar-refractivity contribution in [3.63, 3.8) is 0 Å². The van der Waals surface area contributed by atoms with Crippen molar-refractivity contribution in [2.24, 2.45) is 0 Å². The van der Waals surface area contributed by atoms with Gasteiger partial charge in [0.2, 0.25) is 0 Å². The van der Waals surface area contributed by atoms with Crippen LogP contribution in [0.4, 0.5) is 5.69 Å². The Morgan fingerprint density at radius 3 is 2.39 bits per heavy atom. The summed E-state index contributed by atoms with van der Waals surface area (Å²) in [6.45, 7) is 4.14. The average molecular weight is 412 g/mol. The molecule has 1 heterocycles. The quantitative estimate of drug-likeness (QED) is 0.502. The molecule has 0 aliphatic heterocycles. The van der Waals surface area contributed by atoms with E-state index in [1.165, 1.54) is 0 Å². The van der Waals surface area contributed by atoms with Gasteiger partial charge in [-0.25, -0.2) is 0 Å². The second-order valence-corrected chi connectivity index (χ2v) is 7.64. The number of amides is 1. The number of pyridine rings is 1. The number of H-pyrrole nitrogens is 1. The molecule has 0 aliphatic rings. The number of aromatic nitrogens is 1. The smallest absolute Gasteiger partial charge is 0.262 e. The molecule has 0 atom stereocenters. The number of aromatic amines is 1. The van der Waals surface area contributed by atoms with Crippen LogP contribution in [0.1, 0.15) is 27.0 Å². The van der Waals surface area contributed by atoms with Crippen LogP contribution in [0.3, 0.4) is 0 Å². The molecule has 1 aromatic heterocycles. The molecule has 156 valence electrons. The number of fused-ring (bicyclic) bond motifs is 1. The maximum atomic E-state index is 13.6. The van der Waals surface area contributed by atoms with E-state index in [2.05, 4.69) is 4.98 Å². The zero-order valence-corrected chi connectivity index (χ0v) is 17.8. The Labute approximate surface area is 180 Å². The van der Waals surface area contributed by atoms with Gasteiger partial charge < -0.3 is 14.6 Å². The number of aryl methyl sites for hydroxylation is 2. The van der Waals surface area contributed by atoms with Crippen molar-refractivity contribution in [2.45, 2.75) is 20.4 Å². The van der Waals surface area contributed by atoms with Gasteiger partial charge in [-0.1, -0.05) is 41.5 Å². The lowest BCUT2D eigenvalue weighted by atomic mass is 10.1. The molecule has 0 radical (unpaired) electrons. The van der Waals surface area contributed by atoms with Gasteiger partial charge in [0, 0.05) is 16.8 Å². The number of nitrogens with zero attached hydrogens (tertiary/aromatic N) is 1. The molecular weight excluding hydrogens is 388 g/mol. The van der Waals surface area contributed by atoms with Gasteiger partial charge in [-0.3, -0.25) is 9.59 Å². The lowest BCUT2D eigenvalue weighted by Gasteiger charge is -2.24. The van der Waals surface area contributed by atoms with Crippen LogP contribution in [-0.4, -0.2) is 18.0 Å². The maximum Gasteiger partial charge on any atom is 0.262 e. The Bertz CT molecular complexity index is 1310. The van der Waals surface area contributed by atoms with Gasteiger partial charge in [0.05, 0.1) is 19.2 Å². The van der Waals surface area contributed by atoms with Crippen molar-refractivity contribution in [3.05, 3.63) is 105 Å². The van der Waals surface area contributed by atoms with Gasteiger partial charge in [0.15, 0.2) is 0 Å². The maximum absolute atomic E-state index is 13.6. The summed E-state index contributed by atoms with van der Waals surface area (Å²) in [6, 6.07) is 22.5. The van der Waals surface area contributed by atoms with E-state index in [0.29, 0.717) is 22.6 Å². The summed E-state index contributed by atoms with van der Waals surface area (Å²) in [5.41, 5.74) is 4.43. The van der Waals surface area contributed by atoms with Gasteiger partial charge in [-0.2, -0.15) is 0 Å². The first-order valence-electron chi connectivity index (χ1n) is 10.1. The molecule has 5 heteroatoms. The van der Waals surface area contributed by atoms with E-state index < -0.39 is 0 Å². The van der Waals surface area contributed by atoms with E-state index in [-0.39, 0.29) is 18.0 Å². The summed E-state index contributed by atoms with van der Waals surface area (Å²) < 4.78 is 5.40. The van der Waals surface area contributed by atoms with Crippen molar-refractivity contribution >= 4 is 22.5 Å². The number of benzene rings is 3. The summed E-state index contributed by atoms with van der Waals surface area (Å²) in [5.74, 6) is 0.262. The normalized spacial score (nSPS) is 10.8. The SMILES string of the molecule is COc1ccccc1C(=O)N(Cc1cc2cc(C)ccc2[nH]c1=O)c1ccc(C)cc1. The molecule has 1 amide bonds. The lowest BCUT2D eigenvalue weighted by molar-refractivity contribution is 0.0982. The van der Waals surface area contributed by atoms with Crippen LogP contribution >= 0.6 is 0 Å². The molecule has 5 nitrogen and oxygen atoms in total. The first kappa shape index (κ1) is 20.4. The third-order valence-electron chi connectivity index (χ3n) is 5.33. The largest absolute Gasteiger partial charge is 0.496 e. The molecule has 0 aliphatic carbocycles. The number of methoxy groups -OCH3 is 1. The Morgan fingerprint density at radius 1 is 0.935 bits per heavy atom. The summed E-state index contributed by atoms with van der Waals surface area (Å²) in [5, 5.41) is 0.934. The summed E-state index contributed by atoms with van der Waals surface area (Å²) in [4.78, 5) is 30.9. The lowest BCUT2D eigenvalue weighted by Crippen LogP contribution is -2.33. The molecule has 0 fully saturated rings. The van der Waals surface area contributed by atoms with E-state index in [0.717, 1.165) is 22.0 Å². The topological polar surface area (TPSA) is 62.4 Å². The highest BCUT2D eigenvalue weighted by Crippen LogP contribution is 2.25. The molecule has 0 unspecified atom stereocenters. The number of carbonyl (C=O) groups excluding carboxylic acids is 1. The number of para-hydroxylation sites is 1. The highest BCUT2D eigenvalue weighted by atomic mass is 16.5. The zero-order chi connectivity index (χ0) is 22.0. The van der Waals surface area contributed by atoms with Crippen molar-refractivity contribution < 1.29 is 9.53 Å². The van der Waals surface area contributed by atoms with Gasteiger partial charge in [-0.05, 0) is 61.7 Å². The fraction of sp³-hybridized carbons (Fsp3) is 0.154. The third kappa shape index (κ3) is 4.21. The van der Waals surface area contributed by atoms with Crippen LogP contribution in [0, 0.1) is 13.8 Å². The Balaban J connectivity index is 1.81. The average Bonchev–Trinajstić information content (AvgIpc) is 2.78. The predicted octanol–water partition coefficient (Wildman–Crippen LogP) is 5.00. The van der Waals surface area contributed by atoms with E-state index >= 15 is 0 Å². The van der Waals surface area contributed by atoms with Crippen LogP contribution in [0.5, 0.6) is 5.75 Å². The number of hydrogen-bond acceptors (Lipinski definition) is 3. The summed E-state index contributed by atoms with van der Waals surface area (Å²) in [7, 11) is 1.54. The van der Waals surface area contributed by atoms with Crippen molar-refractivity contribution in [2.75, 3.05) is 12.0 Å². The first-order chi connectivity index (χ1) is 15.0. The van der Waals surface area contributed by atoms with Gasteiger partial charge >= 0.3 is 0 Å². The predicted molar refractivity (Wildman–Crippen MR) is 124 cm³/mol. The molecule has 0 saturated heterocycles. The molecule has 0 spiro atoms. The van der Waals surface area contributed by atoms with Gasteiger partial charge in [-0.15, -0.1) is 0 Å².